The van der Waals surface area contributed by atoms with E-state index < -0.39 is 15.8 Å². The summed E-state index contributed by atoms with van der Waals surface area (Å²) in [6.45, 7) is 0.919. The summed E-state index contributed by atoms with van der Waals surface area (Å²) in [5, 5.41) is 0.980. The number of anilines is 1. The van der Waals surface area contributed by atoms with Gasteiger partial charge in [0.25, 0.3) is 15.9 Å². The van der Waals surface area contributed by atoms with Gasteiger partial charge >= 0.3 is 0 Å². The lowest BCUT2D eigenvalue weighted by Gasteiger charge is -2.18. The van der Waals surface area contributed by atoms with E-state index in [1.165, 1.54) is 30.3 Å². The number of ether oxygens (including phenoxy) is 1. The maximum absolute atomic E-state index is 13.5. The summed E-state index contributed by atoms with van der Waals surface area (Å²) in [7, 11) is -4.00. The zero-order valence-electron chi connectivity index (χ0n) is 18.6. The monoisotopic (exact) mass is 491 g/mol. The van der Waals surface area contributed by atoms with Crippen LogP contribution in [0.15, 0.2) is 90.0 Å². The Morgan fingerprint density at radius 1 is 1.03 bits per heavy atom. The highest BCUT2D eigenvalue weighted by Gasteiger charge is 2.29. The van der Waals surface area contributed by atoms with Gasteiger partial charge in [-0.1, -0.05) is 30.3 Å². The number of fused-ring (bicyclic) bond motifs is 1. The molecule has 3 aromatic carbocycles. The summed E-state index contributed by atoms with van der Waals surface area (Å²) in [6, 6.07) is 20.6. The standard InChI is InChI=1S/C26H22FN3O4S/c27-20-8-3-10-23(16-20)35(32,33)29-21-9-1-6-19(15-21)26(31)30-14-12-22(17-30)34-24-11-2-5-18-7-4-13-28-25(18)24/h1-11,13,15-16,22,29H,12,14,17H2. The average molecular weight is 492 g/mol. The van der Waals surface area contributed by atoms with Crippen LogP contribution in [0.5, 0.6) is 5.75 Å². The molecule has 0 aliphatic carbocycles. The zero-order chi connectivity index (χ0) is 24.4. The minimum absolute atomic E-state index is 0.179. The van der Waals surface area contributed by atoms with Crippen LogP contribution in [-0.4, -0.2) is 43.4 Å². The number of carbonyl (C=O) groups excluding carboxylic acids is 1. The van der Waals surface area contributed by atoms with Gasteiger partial charge in [0.1, 0.15) is 23.2 Å². The van der Waals surface area contributed by atoms with E-state index in [9.17, 15) is 17.6 Å². The van der Waals surface area contributed by atoms with Crippen LogP contribution in [-0.2, 0) is 10.0 Å². The molecule has 1 aromatic heterocycles. The Bertz CT molecular complexity index is 1500. The van der Waals surface area contributed by atoms with Crippen molar-refractivity contribution in [2.24, 2.45) is 0 Å². The molecule has 1 unspecified atom stereocenters. The van der Waals surface area contributed by atoms with Crippen LogP contribution in [0.4, 0.5) is 10.1 Å². The number of aromatic nitrogens is 1. The number of pyridine rings is 1. The molecule has 2 heterocycles. The molecular weight excluding hydrogens is 469 g/mol. The Labute approximate surface area is 202 Å². The molecule has 1 N–H and O–H groups in total. The number of nitrogens with one attached hydrogen (secondary N) is 1. The normalized spacial score (nSPS) is 15.8. The predicted octanol–water partition coefficient (Wildman–Crippen LogP) is 4.47. The van der Waals surface area contributed by atoms with Crippen LogP contribution in [0, 0.1) is 5.82 Å². The molecule has 0 spiro atoms. The summed E-state index contributed by atoms with van der Waals surface area (Å²) >= 11 is 0. The fourth-order valence-electron chi connectivity index (χ4n) is 4.11. The van der Waals surface area contributed by atoms with E-state index >= 15 is 0 Å². The van der Waals surface area contributed by atoms with Crippen molar-refractivity contribution in [1.29, 1.82) is 0 Å². The molecule has 7 nitrogen and oxygen atoms in total. The van der Waals surface area contributed by atoms with E-state index in [0.29, 0.717) is 30.8 Å². The smallest absolute Gasteiger partial charge is 0.261 e. The van der Waals surface area contributed by atoms with Gasteiger partial charge in [-0.25, -0.2) is 12.8 Å². The first kappa shape index (κ1) is 22.8. The lowest BCUT2D eigenvalue weighted by Crippen LogP contribution is -2.31. The maximum Gasteiger partial charge on any atom is 0.261 e. The molecule has 1 atom stereocenters. The quantitative estimate of drug-likeness (QED) is 0.430. The van der Waals surface area contributed by atoms with Gasteiger partial charge in [0.2, 0.25) is 0 Å². The van der Waals surface area contributed by atoms with Gasteiger partial charge in [0.15, 0.2) is 0 Å². The minimum atomic E-state index is -4.00. The topological polar surface area (TPSA) is 88.6 Å². The van der Waals surface area contributed by atoms with Crippen molar-refractivity contribution < 1.29 is 22.3 Å². The Morgan fingerprint density at radius 2 is 1.83 bits per heavy atom. The summed E-state index contributed by atoms with van der Waals surface area (Å²) in [5.41, 5.74) is 1.34. The van der Waals surface area contributed by atoms with Crippen LogP contribution in [0.2, 0.25) is 0 Å². The first-order chi connectivity index (χ1) is 16.9. The highest BCUT2D eigenvalue weighted by atomic mass is 32.2. The minimum Gasteiger partial charge on any atom is -0.486 e. The number of likely N-dealkylation sites (tertiary alicyclic amines) is 1. The van der Waals surface area contributed by atoms with Crippen molar-refractivity contribution in [3.05, 3.63) is 96.4 Å². The van der Waals surface area contributed by atoms with Crippen LogP contribution in [0.3, 0.4) is 0 Å². The molecule has 1 aliphatic rings. The fourth-order valence-corrected chi connectivity index (χ4v) is 5.19. The average Bonchev–Trinajstić information content (AvgIpc) is 3.32. The fraction of sp³-hybridized carbons (Fsp3) is 0.154. The molecule has 35 heavy (non-hydrogen) atoms. The number of hydrogen-bond donors (Lipinski definition) is 1. The molecule has 1 fully saturated rings. The molecule has 1 aliphatic heterocycles. The molecule has 0 bridgehead atoms. The lowest BCUT2D eigenvalue weighted by atomic mass is 10.2. The molecule has 1 saturated heterocycles. The maximum atomic E-state index is 13.5. The third-order valence-electron chi connectivity index (χ3n) is 5.79. The predicted molar refractivity (Wildman–Crippen MR) is 130 cm³/mol. The molecule has 1 amide bonds. The largest absolute Gasteiger partial charge is 0.486 e. The number of para-hydroxylation sites is 1. The third kappa shape index (κ3) is 4.95. The van der Waals surface area contributed by atoms with Gasteiger partial charge < -0.3 is 9.64 Å². The Hall–Kier alpha value is -3.98. The number of rotatable bonds is 6. The Morgan fingerprint density at radius 3 is 2.69 bits per heavy atom. The van der Waals surface area contributed by atoms with Gasteiger partial charge in [-0.05, 0) is 48.5 Å². The van der Waals surface area contributed by atoms with Gasteiger partial charge in [-0.2, -0.15) is 0 Å². The van der Waals surface area contributed by atoms with Crippen molar-refractivity contribution in [1.82, 2.24) is 9.88 Å². The van der Waals surface area contributed by atoms with Crippen molar-refractivity contribution in [3.8, 4) is 5.75 Å². The number of carbonyl (C=O) groups is 1. The lowest BCUT2D eigenvalue weighted by molar-refractivity contribution is 0.0773. The summed E-state index contributed by atoms with van der Waals surface area (Å²) in [5.74, 6) is -0.197. The highest BCUT2D eigenvalue weighted by Crippen LogP contribution is 2.27. The molecule has 0 saturated carbocycles. The molecule has 178 valence electrons. The number of halogens is 1. The van der Waals surface area contributed by atoms with Crippen LogP contribution < -0.4 is 9.46 Å². The van der Waals surface area contributed by atoms with Gasteiger partial charge in [-0.3, -0.25) is 14.5 Å². The zero-order valence-corrected chi connectivity index (χ0v) is 19.4. The molecule has 4 aromatic rings. The second-order valence-corrected chi connectivity index (χ2v) is 9.94. The van der Waals surface area contributed by atoms with E-state index in [1.54, 1.807) is 23.2 Å². The SMILES string of the molecule is O=C(c1cccc(NS(=O)(=O)c2cccc(F)c2)c1)N1CCC(Oc2cccc3cccnc23)C1. The summed E-state index contributed by atoms with van der Waals surface area (Å²) < 4.78 is 47.3. The second kappa shape index (κ2) is 9.34. The summed E-state index contributed by atoms with van der Waals surface area (Å²) in [4.78, 5) is 19.0. The van der Waals surface area contributed by atoms with Gasteiger partial charge in [-0.15, -0.1) is 0 Å². The van der Waals surface area contributed by atoms with E-state index in [1.807, 2.05) is 30.3 Å². The van der Waals surface area contributed by atoms with E-state index in [-0.39, 0.29) is 22.6 Å². The number of sulfonamides is 1. The number of amides is 1. The van der Waals surface area contributed by atoms with Crippen LogP contribution in [0.1, 0.15) is 16.8 Å². The van der Waals surface area contributed by atoms with E-state index in [2.05, 4.69) is 9.71 Å². The first-order valence-electron chi connectivity index (χ1n) is 11.1. The molecule has 9 heteroatoms. The Balaban J connectivity index is 1.28. The number of hydrogen-bond acceptors (Lipinski definition) is 5. The number of nitrogens with zero attached hydrogens (tertiary/aromatic N) is 2. The number of benzene rings is 3. The van der Waals surface area contributed by atoms with Crippen molar-refractivity contribution in [2.75, 3.05) is 17.8 Å². The van der Waals surface area contributed by atoms with Crippen LogP contribution >= 0.6 is 0 Å². The van der Waals surface area contributed by atoms with Crippen molar-refractivity contribution in [2.45, 2.75) is 17.4 Å². The summed E-state index contributed by atoms with van der Waals surface area (Å²) in [6.07, 6.45) is 2.21. The van der Waals surface area contributed by atoms with E-state index in [0.717, 1.165) is 17.0 Å². The van der Waals surface area contributed by atoms with E-state index in [4.69, 9.17) is 4.74 Å². The van der Waals surface area contributed by atoms with Crippen molar-refractivity contribution in [3.63, 3.8) is 0 Å². The molecule has 5 rings (SSSR count). The second-order valence-electron chi connectivity index (χ2n) is 8.25. The van der Waals surface area contributed by atoms with Gasteiger partial charge in [0, 0.05) is 35.8 Å². The highest BCUT2D eigenvalue weighted by molar-refractivity contribution is 7.92. The Kier molecular flexibility index (Phi) is 6.08. The first-order valence-corrected chi connectivity index (χ1v) is 12.6. The van der Waals surface area contributed by atoms with Gasteiger partial charge in [0.05, 0.1) is 11.4 Å². The van der Waals surface area contributed by atoms with Crippen LogP contribution in [0.25, 0.3) is 10.9 Å². The third-order valence-corrected chi connectivity index (χ3v) is 7.17. The molecule has 0 radical (unpaired) electrons. The molecular formula is C26H22FN3O4S. The van der Waals surface area contributed by atoms with Crippen molar-refractivity contribution >= 4 is 32.5 Å².